The van der Waals surface area contributed by atoms with Crippen LogP contribution in [-0.4, -0.2) is 43.2 Å². The Morgan fingerprint density at radius 2 is 1.97 bits per heavy atom. The van der Waals surface area contributed by atoms with Crippen LogP contribution in [0.15, 0.2) is 65.4 Å². The fourth-order valence-corrected chi connectivity index (χ4v) is 4.95. The van der Waals surface area contributed by atoms with E-state index >= 15 is 0 Å². The Morgan fingerprint density at radius 1 is 1.19 bits per heavy atom. The minimum Gasteiger partial charge on any atom is -0.358 e. The van der Waals surface area contributed by atoms with E-state index in [4.69, 9.17) is 24.5 Å². The third-order valence-electron chi connectivity index (χ3n) is 6.13. The summed E-state index contributed by atoms with van der Waals surface area (Å²) in [5, 5.41) is 11.7. The van der Waals surface area contributed by atoms with Crippen molar-refractivity contribution in [3.63, 3.8) is 0 Å². The smallest absolute Gasteiger partial charge is 0.358 e. The summed E-state index contributed by atoms with van der Waals surface area (Å²) in [4.78, 5) is 2.16. The largest absolute Gasteiger partial charge is 0.358 e. The topological polar surface area (TPSA) is 41.9 Å². The number of anilines is 1. The average Bonchev–Trinajstić information content (AvgIpc) is 2.76. The van der Waals surface area contributed by atoms with Crippen LogP contribution >= 0.6 is 0 Å². The number of ether oxygens (including phenoxy) is 2. The Hall–Kier alpha value is -2.55. The van der Waals surface area contributed by atoms with Crippen LogP contribution in [-0.2, 0) is 19.8 Å². The predicted molar refractivity (Wildman–Crippen MR) is 129 cm³/mol. The summed E-state index contributed by atoms with van der Waals surface area (Å²) in [5.74, 6) is 1.27. The first kappa shape index (κ1) is 22.6. The SMILES string of the molecule is [CH2-]COC1=C2B(O)c3c(ccc4c3OCCN4C)C(c3ccccc3C)=C2C=C[C]1=[Ni].[CH3-]. The van der Waals surface area contributed by atoms with Crippen LogP contribution in [0.4, 0.5) is 5.69 Å². The monoisotopic (exact) mass is 469 g/mol. The van der Waals surface area contributed by atoms with Gasteiger partial charge in [0.15, 0.2) is 0 Å². The second-order valence-corrected chi connectivity index (χ2v) is 8.42. The number of nitrogens with zero attached hydrogens (tertiary/aromatic N) is 1. The van der Waals surface area contributed by atoms with Gasteiger partial charge in [-0.05, 0) is 0 Å². The van der Waals surface area contributed by atoms with Gasteiger partial charge in [0, 0.05) is 0 Å². The molecule has 0 unspecified atom stereocenters. The molecular formula is C26H26BNNiO3-2. The molecule has 0 saturated carbocycles. The van der Waals surface area contributed by atoms with Gasteiger partial charge in [-0.1, -0.05) is 0 Å². The summed E-state index contributed by atoms with van der Waals surface area (Å²) in [6, 6.07) is 12.5. The molecule has 0 atom stereocenters. The molecule has 0 spiro atoms. The molecule has 3 aliphatic rings. The van der Waals surface area contributed by atoms with Gasteiger partial charge in [-0.15, -0.1) is 0 Å². The molecule has 0 fully saturated rings. The molecule has 4 nitrogen and oxygen atoms in total. The first-order valence-electron chi connectivity index (χ1n) is 10.4. The zero-order valence-corrected chi connectivity index (χ0v) is 19.5. The molecule has 1 N–H and O–H groups in total. The zero-order chi connectivity index (χ0) is 21.7. The van der Waals surface area contributed by atoms with Crippen LogP contribution in [0.3, 0.4) is 0 Å². The van der Waals surface area contributed by atoms with Crippen LogP contribution in [0.1, 0.15) is 16.7 Å². The number of benzene rings is 2. The van der Waals surface area contributed by atoms with Crippen LogP contribution in [0.2, 0.25) is 0 Å². The fourth-order valence-electron chi connectivity index (χ4n) is 4.66. The molecule has 2 heterocycles. The number of likely N-dealkylation sites (N-methyl/N-ethyl adjacent to an activating group) is 1. The van der Waals surface area contributed by atoms with Gasteiger partial charge >= 0.3 is 191 Å². The van der Waals surface area contributed by atoms with Crippen LogP contribution < -0.4 is 15.1 Å². The maximum atomic E-state index is 11.7. The molecule has 0 amide bonds. The molecule has 168 valence electrons. The minimum absolute atomic E-state index is 0. The summed E-state index contributed by atoms with van der Waals surface area (Å²) >= 11 is 5.21. The number of allylic oxidation sites excluding steroid dienone is 4. The molecule has 2 aromatic rings. The van der Waals surface area contributed by atoms with E-state index in [2.05, 4.69) is 43.0 Å². The molecule has 0 bridgehead atoms. The van der Waals surface area contributed by atoms with E-state index in [-0.39, 0.29) is 14.0 Å². The second-order valence-electron chi connectivity index (χ2n) is 7.89. The van der Waals surface area contributed by atoms with Gasteiger partial charge in [0.05, 0.1) is 0 Å². The molecule has 6 heteroatoms. The normalized spacial score (nSPS) is 16.9. The van der Waals surface area contributed by atoms with Crippen LogP contribution in [0.25, 0.3) is 5.57 Å². The maximum Gasteiger partial charge on any atom is -0.358 e. The molecular weight excluding hydrogens is 444 g/mol. The van der Waals surface area contributed by atoms with Crippen molar-refractivity contribution < 1.29 is 29.5 Å². The first-order chi connectivity index (χ1) is 15.0. The van der Waals surface area contributed by atoms with Crippen molar-refractivity contribution in [1.82, 2.24) is 0 Å². The third-order valence-corrected chi connectivity index (χ3v) is 6.52. The first-order valence-corrected chi connectivity index (χ1v) is 10.9. The van der Waals surface area contributed by atoms with E-state index in [1.165, 1.54) is 0 Å². The summed E-state index contributed by atoms with van der Waals surface area (Å²) in [5.41, 5.74) is 7.69. The average molecular weight is 470 g/mol. The number of hydrogen-bond donors (Lipinski definition) is 1. The standard InChI is InChI=1S/C25H23BNO3.CH3.Ni/c1-4-29-21-11-7-10-18-22(17-9-6-5-8-16(17)2)19-12-13-20-25(30-15-14-27(20)3)24(19)26(28)23(18)21;;/h5-10,12-13,28H,1,4,14-15H2,2-3H3;1H3;/q2*-1;. The van der Waals surface area contributed by atoms with Crippen molar-refractivity contribution in [2.75, 3.05) is 31.7 Å². The zero-order valence-electron chi connectivity index (χ0n) is 18.6. The Labute approximate surface area is 198 Å². The van der Waals surface area contributed by atoms with Crippen LogP contribution in [0, 0.1) is 21.3 Å². The molecule has 2 aliphatic heterocycles. The van der Waals surface area contributed by atoms with Crippen molar-refractivity contribution in [3.8, 4) is 5.75 Å². The number of aryl methyl sites for hydroxylation is 1. The molecule has 0 saturated heterocycles. The molecule has 5 rings (SSSR count). The van der Waals surface area contributed by atoms with Gasteiger partial charge in [0.1, 0.15) is 0 Å². The predicted octanol–water partition coefficient (Wildman–Crippen LogP) is 3.21. The summed E-state index contributed by atoms with van der Waals surface area (Å²) in [6.07, 6.45) is 3.90. The molecule has 1 aliphatic carbocycles. The van der Waals surface area contributed by atoms with E-state index in [0.717, 1.165) is 51.3 Å². The Morgan fingerprint density at radius 3 is 2.72 bits per heavy atom. The van der Waals surface area contributed by atoms with E-state index < -0.39 is 6.92 Å². The van der Waals surface area contributed by atoms with Crippen molar-refractivity contribution in [1.29, 1.82) is 0 Å². The van der Waals surface area contributed by atoms with Crippen LogP contribution in [0.5, 0.6) is 5.75 Å². The van der Waals surface area contributed by atoms with Crippen molar-refractivity contribution in [2.24, 2.45) is 0 Å². The molecule has 0 radical (unpaired) electrons. The quantitative estimate of drug-likeness (QED) is 0.553. The molecule has 2 aromatic carbocycles. The minimum atomic E-state index is -0.907. The van der Waals surface area contributed by atoms with Crippen molar-refractivity contribution in [3.05, 3.63) is 96.4 Å². The Kier molecular flexibility index (Phi) is 6.20. The Balaban J connectivity index is 0.00000245. The summed E-state index contributed by atoms with van der Waals surface area (Å²) in [6.45, 7) is 6.64. The fraction of sp³-hybridized carbons (Fsp3) is 0.192. The number of hydrogen-bond acceptors (Lipinski definition) is 4. The van der Waals surface area contributed by atoms with Gasteiger partial charge in [-0.3, -0.25) is 0 Å². The van der Waals surface area contributed by atoms with Crippen molar-refractivity contribution in [2.45, 2.75) is 6.92 Å². The van der Waals surface area contributed by atoms with Gasteiger partial charge < -0.3 is 7.43 Å². The molecule has 0 aromatic heterocycles. The van der Waals surface area contributed by atoms with Gasteiger partial charge in [-0.25, -0.2) is 0 Å². The van der Waals surface area contributed by atoms with E-state index in [9.17, 15) is 5.02 Å². The van der Waals surface area contributed by atoms with E-state index in [1.54, 1.807) is 0 Å². The van der Waals surface area contributed by atoms with Gasteiger partial charge in [0.2, 0.25) is 0 Å². The third kappa shape index (κ3) is 3.37. The van der Waals surface area contributed by atoms with Gasteiger partial charge in [0.25, 0.3) is 0 Å². The second kappa shape index (κ2) is 8.77. The van der Waals surface area contributed by atoms with E-state index in [1.807, 2.05) is 31.3 Å². The number of rotatable bonds is 3. The van der Waals surface area contributed by atoms with Crippen molar-refractivity contribution >= 4 is 28.1 Å². The maximum absolute atomic E-state index is 11.7. The summed E-state index contributed by atoms with van der Waals surface area (Å²) in [7, 11) is 2.04. The van der Waals surface area contributed by atoms with Gasteiger partial charge in [-0.2, -0.15) is 0 Å². The molecule has 32 heavy (non-hydrogen) atoms. The summed E-state index contributed by atoms with van der Waals surface area (Å²) < 4.78 is 12.6. The van der Waals surface area contributed by atoms with E-state index in [0.29, 0.717) is 22.3 Å². The Bertz CT molecular complexity index is 1200. The number of fused-ring (bicyclic) bond motifs is 4.